The molecule has 3 aliphatic heterocycles. The number of nitro groups is 1. The molecular formula is C46H51ClN8O8S. The van der Waals surface area contributed by atoms with Crippen LogP contribution in [0, 0.1) is 15.5 Å². The van der Waals surface area contributed by atoms with Gasteiger partial charge in [-0.1, -0.05) is 43.2 Å². The van der Waals surface area contributed by atoms with Crippen LogP contribution in [-0.4, -0.2) is 112 Å². The SMILES string of the molecule is CC1(C)CCC(CN2CCN(c3ccc(C(=O)NS(=O)(=O)c4ccc(NC[C@@H]5COCCO5)c([N+](=O)[O-])c4)c(N4CCOc5nc6[nH]ccc6cc54)c3)CC2)=C(c2ccc(Cl)cc2)C1. The van der Waals surface area contributed by atoms with Crippen molar-refractivity contribution in [3.8, 4) is 5.88 Å². The summed E-state index contributed by atoms with van der Waals surface area (Å²) in [7, 11) is -4.59. The van der Waals surface area contributed by atoms with Crippen molar-refractivity contribution >= 4 is 72.6 Å². The summed E-state index contributed by atoms with van der Waals surface area (Å²) in [5.74, 6) is -0.518. The minimum atomic E-state index is -4.59. The lowest BCUT2D eigenvalue weighted by molar-refractivity contribution is -0.384. The number of benzene rings is 3. The number of nitrogens with one attached hydrogen (secondary N) is 3. The van der Waals surface area contributed by atoms with Crippen molar-refractivity contribution in [2.24, 2.45) is 5.41 Å². The lowest BCUT2D eigenvalue weighted by atomic mass is 9.72. The maximum atomic E-state index is 14.3. The summed E-state index contributed by atoms with van der Waals surface area (Å²) in [6.07, 6.45) is 4.66. The highest BCUT2D eigenvalue weighted by atomic mass is 35.5. The highest BCUT2D eigenvalue weighted by Crippen LogP contribution is 2.44. The maximum absolute atomic E-state index is 14.3. The highest BCUT2D eigenvalue weighted by molar-refractivity contribution is 7.90. The van der Waals surface area contributed by atoms with Gasteiger partial charge in [-0.05, 0) is 90.4 Å². The van der Waals surface area contributed by atoms with Gasteiger partial charge in [-0.15, -0.1) is 0 Å². The number of fused-ring (bicyclic) bond motifs is 2. The number of aromatic amines is 1. The molecule has 2 fully saturated rings. The number of piperazine rings is 1. The highest BCUT2D eigenvalue weighted by Gasteiger charge is 2.32. The number of sulfonamides is 1. The zero-order chi connectivity index (χ0) is 44.6. The first-order chi connectivity index (χ1) is 30.8. The van der Waals surface area contributed by atoms with Crippen LogP contribution in [0.3, 0.4) is 0 Å². The van der Waals surface area contributed by atoms with Gasteiger partial charge in [0.15, 0.2) is 0 Å². The number of nitrogens with zero attached hydrogens (tertiary/aromatic N) is 5. The molecule has 0 radical (unpaired) electrons. The van der Waals surface area contributed by atoms with Gasteiger partial charge in [-0.3, -0.25) is 19.8 Å². The van der Waals surface area contributed by atoms with Crippen molar-refractivity contribution in [1.82, 2.24) is 19.6 Å². The molecule has 5 heterocycles. The summed E-state index contributed by atoms with van der Waals surface area (Å²) in [4.78, 5) is 39.8. The third kappa shape index (κ3) is 9.40. The van der Waals surface area contributed by atoms with E-state index in [1.165, 1.54) is 28.8 Å². The van der Waals surface area contributed by atoms with Gasteiger partial charge in [0.05, 0.1) is 53.5 Å². The second-order valence-electron chi connectivity index (χ2n) is 17.4. The van der Waals surface area contributed by atoms with E-state index in [0.717, 1.165) is 74.1 Å². The number of nitro benzene ring substituents is 1. The zero-order valence-corrected chi connectivity index (χ0v) is 37.3. The van der Waals surface area contributed by atoms with Gasteiger partial charge in [0.2, 0.25) is 5.88 Å². The number of amides is 1. The normalized spacial score (nSPS) is 19.3. The van der Waals surface area contributed by atoms with Crippen LogP contribution < -0.4 is 24.6 Å². The van der Waals surface area contributed by atoms with Crippen molar-refractivity contribution in [1.29, 1.82) is 0 Å². The van der Waals surface area contributed by atoms with E-state index < -0.39 is 31.4 Å². The second kappa shape index (κ2) is 18.0. The monoisotopic (exact) mass is 910 g/mol. The summed E-state index contributed by atoms with van der Waals surface area (Å²) in [6.45, 7) is 10.7. The number of carbonyl (C=O) groups is 1. The summed E-state index contributed by atoms with van der Waals surface area (Å²) < 4.78 is 46.9. The third-order valence-electron chi connectivity index (χ3n) is 12.5. The molecule has 3 aromatic carbocycles. The topological polar surface area (TPSA) is 185 Å². The van der Waals surface area contributed by atoms with Crippen LogP contribution in [0.15, 0.2) is 89.5 Å². The first-order valence-corrected chi connectivity index (χ1v) is 23.4. The van der Waals surface area contributed by atoms with E-state index in [4.69, 9.17) is 25.8 Å². The van der Waals surface area contributed by atoms with E-state index in [1.807, 2.05) is 41.3 Å². The average molecular weight is 911 g/mol. The van der Waals surface area contributed by atoms with E-state index in [0.29, 0.717) is 49.3 Å². The Morgan fingerprint density at radius 3 is 2.56 bits per heavy atom. The molecule has 18 heteroatoms. The Hall–Kier alpha value is -5.72. The van der Waals surface area contributed by atoms with Gasteiger partial charge >= 0.3 is 0 Å². The second-order valence-corrected chi connectivity index (χ2v) is 19.6. The van der Waals surface area contributed by atoms with Crippen LogP contribution in [0.1, 0.15) is 49.0 Å². The largest absolute Gasteiger partial charge is 0.474 e. The molecule has 2 aromatic heterocycles. The molecule has 16 nitrogen and oxygen atoms in total. The Balaban J connectivity index is 0.975. The number of rotatable bonds is 12. The molecule has 1 amide bonds. The van der Waals surface area contributed by atoms with Crippen LogP contribution in [0.4, 0.5) is 28.4 Å². The minimum Gasteiger partial charge on any atom is -0.474 e. The Kier molecular flexibility index (Phi) is 12.3. The molecule has 0 unspecified atom stereocenters. The number of halogens is 1. The van der Waals surface area contributed by atoms with E-state index in [-0.39, 0.29) is 35.9 Å². The zero-order valence-electron chi connectivity index (χ0n) is 35.8. The number of anilines is 4. The predicted molar refractivity (Wildman–Crippen MR) is 246 cm³/mol. The van der Waals surface area contributed by atoms with Gasteiger partial charge in [-0.25, -0.2) is 13.1 Å². The van der Waals surface area contributed by atoms with Gasteiger partial charge in [0, 0.05) is 67.6 Å². The van der Waals surface area contributed by atoms with Crippen LogP contribution in [0.25, 0.3) is 16.6 Å². The smallest absolute Gasteiger partial charge is 0.293 e. The fourth-order valence-electron chi connectivity index (χ4n) is 8.98. The molecule has 5 aromatic rings. The fraction of sp³-hybridized carbons (Fsp3) is 0.391. The first-order valence-electron chi connectivity index (χ1n) is 21.6. The molecule has 64 heavy (non-hydrogen) atoms. The molecule has 0 bridgehead atoms. The Labute approximate surface area is 376 Å². The third-order valence-corrected chi connectivity index (χ3v) is 14.1. The number of carbonyl (C=O) groups excluding carboxylic acids is 1. The number of hydrogen-bond donors (Lipinski definition) is 3. The molecule has 4 aliphatic rings. The molecule has 0 spiro atoms. The number of aromatic nitrogens is 2. The van der Waals surface area contributed by atoms with Crippen molar-refractivity contribution in [2.75, 3.05) is 87.4 Å². The first kappa shape index (κ1) is 43.5. The van der Waals surface area contributed by atoms with E-state index >= 15 is 0 Å². The van der Waals surface area contributed by atoms with Gasteiger partial charge in [-0.2, -0.15) is 4.98 Å². The van der Waals surface area contributed by atoms with Crippen molar-refractivity contribution in [2.45, 2.75) is 44.1 Å². The standard InChI is InChI=1S/C46H51ClN8O8S/c1-46(2)13-11-32(38(26-46)30-3-5-33(47)6-4-30)28-52-15-17-53(18-16-52)34-7-9-37(40(24-34)54-19-20-63-45-42(54)23-31-12-14-48-43(31)50-45)44(56)51-64(59,60)36-8-10-39(41(25-36)55(57)58)49-27-35-29-61-21-22-62-35/h3-10,12,14,23-25,35,49H,11,13,15-22,26-29H2,1-2H3,(H,48,50)(H,51,56)/t35-/m1/s1. The quantitative estimate of drug-likeness (QED) is 0.0833. The van der Waals surface area contributed by atoms with Crippen LogP contribution in [0.2, 0.25) is 5.02 Å². The number of ether oxygens (including phenoxy) is 3. The number of allylic oxidation sites excluding steroid dienone is 1. The van der Waals surface area contributed by atoms with Gasteiger partial charge < -0.3 is 34.3 Å². The Morgan fingerprint density at radius 2 is 1.80 bits per heavy atom. The fourth-order valence-corrected chi connectivity index (χ4v) is 10.1. The van der Waals surface area contributed by atoms with Gasteiger partial charge in [0.1, 0.15) is 23.6 Å². The van der Waals surface area contributed by atoms with E-state index in [9.17, 15) is 23.3 Å². The molecule has 9 rings (SSSR count). The van der Waals surface area contributed by atoms with Crippen molar-refractivity contribution < 1.29 is 32.3 Å². The lowest BCUT2D eigenvalue weighted by Gasteiger charge is -2.39. The maximum Gasteiger partial charge on any atom is 0.293 e. The average Bonchev–Trinajstić information content (AvgIpc) is 3.76. The molecule has 336 valence electrons. The van der Waals surface area contributed by atoms with Crippen molar-refractivity contribution in [3.05, 3.63) is 111 Å². The number of H-pyrrole nitrogens is 1. The molecular weight excluding hydrogens is 860 g/mol. The van der Waals surface area contributed by atoms with Crippen LogP contribution in [-0.2, 0) is 19.5 Å². The minimum absolute atomic E-state index is 0.0948. The molecule has 0 saturated carbocycles. The molecule has 1 aliphatic carbocycles. The van der Waals surface area contributed by atoms with E-state index in [2.05, 4.69) is 55.8 Å². The summed E-state index contributed by atoms with van der Waals surface area (Å²) in [6, 6.07) is 20.9. The molecule has 3 N–H and O–H groups in total. The van der Waals surface area contributed by atoms with Crippen LogP contribution in [0.5, 0.6) is 5.88 Å². The molecule has 2 saturated heterocycles. The summed E-state index contributed by atoms with van der Waals surface area (Å²) in [5, 5.41) is 16.7. The molecule has 1 atom stereocenters. The van der Waals surface area contributed by atoms with E-state index in [1.54, 1.807) is 12.3 Å². The van der Waals surface area contributed by atoms with Gasteiger partial charge in [0.25, 0.3) is 21.6 Å². The lowest BCUT2D eigenvalue weighted by Crippen LogP contribution is -2.47. The predicted octanol–water partition coefficient (Wildman–Crippen LogP) is 7.39. The summed E-state index contributed by atoms with van der Waals surface area (Å²) >= 11 is 6.26. The number of hydrogen-bond acceptors (Lipinski definition) is 13. The Morgan fingerprint density at radius 1 is 0.984 bits per heavy atom. The van der Waals surface area contributed by atoms with Crippen molar-refractivity contribution in [3.63, 3.8) is 0 Å². The Bertz CT molecular complexity index is 2710. The summed E-state index contributed by atoms with van der Waals surface area (Å²) in [5.41, 5.74) is 6.70. The van der Waals surface area contributed by atoms with Crippen LogP contribution >= 0.6 is 11.6 Å². The number of pyridine rings is 1.